The maximum Gasteiger partial charge on any atom is 0.0733 e. The Morgan fingerprint density at radius 1 is 1.14 bits per heavy atom. The van der Waals surface area contributed by atoms with Crippen LogP contribution in [-0.4, -0.2) is 48.8 Å². The lowest BCUT2D eigenvalue weighted by Gasteiger charge is -2.24. The minimum atomic E-state index is 0.508. The lowest BCUT2D eigenvalue weighted by molar-refractivity contribution is 0.0960. The van der Waals surface area contributed by atoms with E-state index in [0.29, 0.717) is 24.3 Å². The average Bonchev–Trinajstić information content (AvgIpc) is 3.23. The second-order valence-corrected chi connectivity index (χ2v) is 6.90. The Morgan fingerprint density at radius 3 is 2.81 bits per heavy atom. The summed E-state index contributed by atoms with van der Waals surface area (Å²) in [6.07, 6.45) is 7.33. The summed E-state index contributed by atoms with van der Waals surface area (Å²) in [6, 6.07) is 12.1. The predicted molar refractivity (Wildman–Crippen MR) is 84.4 cm³/mol. The van der Waals surface area contributed by atoms with Gasteiger partial charge in [-0.05, 0) is 44.2 Å². The van der Waals surface area contributed by atoms with Crippen LogP contribution >= 0.6 is 0 Å². The Bertz CT molecular complexity index is 464. The van der Waals surface area contributed by atoms with E-state index in [-0.39, 0.29) is 0 Å². The number of nitrogens with zero attached hydrogens (tertiary/aromatic N) is 1. The first kappa shape index (κ1) is 13.7. The quantitative estimate of drug-likeness (QED) is 0.898. The monoisotopic (exact) mass is 286 g/mol. The molecular weight excluding hydrogens is 260 g/mol. The minimum Gasteiger partial charge on any atom is -0.373 e. The molecule has 0 spiro atoms. The summed E-state index contributed by atoms with van der Waals surface area (Å²) in [7, 11) is 0. The third-order valence-corrected chi connectivity index (χ3v) is 5.39. The van der Waals surface area contributed by atoms with Crippen LogP contribution in [-0.2, 0) is 11.2 Å². The van der Waals surface area contributed by atoms with E-state index in [9.17, 15) is 0 Å². The van der Waals surface area contributed by atoms with E-state index >= 15 is 0 Å². The highest BCUT2D eigenvalue weighted by atomic mass is 16.5. The topological polar surface area (TPSA) is 24.5 Å². The average molecular weight is 286 g/mol. The summed E-state index contributed by atoms with van der Waals surface area (Å²) in [5, 5.41) is 3.87. The fraction of sp³-hybridized carbons (Fsp3) is 0.667. The molecule has 114 valence electrons. The van der Waals surface area contributed by atoms with Crippen molar-refractivity contribution in [2.75, 3.05) is 19.6 Å². The molecule has 4 rings (SSSR count). The van der Waals surface area contributed by atoms with Gasteiger partial charge in [-0.25, -0.2) is 0 Å². The molecule has 1 aromatic rings. The highest BCUT2D eigenvalue weighted by Crippen LogP contribution is 2.34. The van der Waals surface area contributed by atoms with Gasteiger partial charge in [0.15, 0.2) is 0 Å². The molecule has 3 fully saturated rings. The molecule has 0 radical (unpaired) electrons. The molecule has 3 saturated heterocycles. The van der Waals surface area contributed by atoms with Crippen molar-refractivity contribution in [1.82, 2.24) is 10.2 Å². The zero-order chi connectivity index (χ0) is 14.1. The van der Waals surface area contributed by atoms with Crippen LogP contribution in [0.15, 0.2) is 30.3 Å². The van der Waals surface area contributed by atoms with E-state index in [1.165, 1.54) is 57.3 Å². The van der Waals surface area contributed by atoms with Crippen LogP contribution in [0.2, 0.25) is 0 Å². The summed E-state index contributed by atoms with van der Waals surface area (Å²) in [5.74, 6) is 0. The molecule has 3 aliphatic rings. The van der Waals surface area contributed by atoms with Crippen LogP contribution < -0.4 is 5.32 Å². The van der Waals surface area contributed by atoms with E-state index in [2.05, 4.69) is 40.5 Å². The molecule has 0 aliphatic carbocycles. The summed E-state index contributed by atoms with van der Waals surface area (Å²) >= 11 is 0. The fourth-order valence-corrected chi connectivity index (χ4v) is 4.22. The van der Waals surface area contributed by atoms with Crippen LogP contribution in [0, 0.1) is 0 Å². The third kappa shape index (κ3) is 3.15. The van der Waals surface area contributed by atoms with Gasteiger partial charge >= 0.3 is 0 Å². The van der Waals surface area contributed by atoms with Crippen molar-refractivity contribution in [3.63, 3.8) is 0 Å². The molecule has 4 unspecified atom stereocenters. The molecule has 1 aromatic carbocycles. The Hall–Kier alpha value is -0.900. The Kier molecular flexibility index (Phi) is 3.97. The number of hydrogen-bond acceptors (Lipinski definition) is 3. The molecule has 3 nitrogen and oxygen atoms in total. The number of ether oxygens (including phenoxy) is 1. The predicted octanol–water partition coefficient (Wildman–Crippen LogP) is 2.21. The van der Waals surface area contributed by atoms with Crippen molar-refractivity contribution in [2.45, 2.75) is 56.4 Å². The maximum absolute atomic E-state index is 5.95. The number of benzene rings is 1. The molecule has 21 heavy (non-hydrogen) atoms. The van der Waals surface area contributed by atoms with Gasteiger partial charge in [0.25, 0.3) is 0 Å². The number of nitrogens with one attached hydrogen (secondary N) is 1. The molecule has 0 saturated carbocycles. The standard InChI is InChI=1S/C18H26N2O/c1-2-4-14(5-3-1)8-10-20-11-9-15(13-20)19-17-12-16-6-7-18(17)21-16/h1-5,15-19H,6-13H2. The largest absolute Gasteiger partial charge is 0.373 e. The fourth-order valence-electron chi connectivity index (χ4n) is 4.22. The number of likely N-dealkylation sites (tertiary alicyclic amines) is 1. The highest BCUT2D eigenvalue weighted by Gasteiger charge is 2.41. The summed E-state index contributed by atoms with van der Waals surface area (Å²) in [6.45, 7) is 3.64. The molecule has 0 aromatic heterocycles. The smallest absolute Gasteiger partial charge is 0.0733 e. The van der Waals surface area contributed by atoms with Gasteiger partial charge < -0.3 is 15.0 Å². The number of rotatable bonds is 5. The number of hydrogen-bond donors (Lipinski definition) is 1. The van der Waals surface area contributed by atoms with E-state index in [1.807, 2.05) is 0 Å². The molecule has 0 amide bonds. The van der Waals surface area contributed by atoms with Gasteiger partial charge in [-0.1, -0.05) is 30.3 Å². The molecule has 4 atom stereocenters. The van der Waals surface area contributed by atoms with Gasteiger partial charge in [-0.15, -0.1) is 0 Å². The molecule has 3 aliphatic heterocycles. The third-order valence-electron chi connectivity index (χ3n) is 5.39. The van der Waals surface area contributed by atoms with E-state index in [1.54, 1.807) is 0 Å². The van der Waals surface area contributed by atoms with Gasteiger partial charge in [0.2, 0.25) is 0 Å². The second kappa shape index (κ2) is 6.07. The minimum absolute atomic E-state index is 0.508. The molecule has 3 heteroatoms. The van der Waals surface area contributed by atoms with E-state index < -0.39 is 0 Å². The van der Waals surface area contributed by atoms with Crippen LogP contribution in [0.5, 0.6) is 0 Å². The van der Waals surface area contributed by atoms with Gasteiger partial charge in [0.05, 0.1) is 12.2 Å². The summed E-state index contributed by atoms with van der Waals surface area (Å²) < 4.78 is 5.95. The Balaban J connectivity index is 1.22. The highest BCUT2D eigenvalue weighted by molar-refractivity contribution is 5.15. The zero-order valence-electron chi connectivity index (χ0n) is 12.7. The normalized spacial score (nSPS) is 35.6. The Labute approximate surface area is 127 Å². The summed E-state index contributed by atoms with van der Waals surface area (Å²) in [4.78, 5) is 2.61. The lowest BCUT2D eigenvalue weighted by Crippen LogP contribution is -2.45. The molecular formula is C18H26N2O. The van der Waals surface area contributed by atoms with Crippen molar-refractivity contribution in [2.24, 2.45) is 0 Å². The number of fused-ring (bicyclic) bond motifs is 2. The van der Waals surface area contributed by atoms with Crippen molar-refractivity contribution < 1.29 is 4.74 Å². The van der Waals surface area contributed by atoms with Gasteiger partial charge in [-0.3, -0.25) is 0 Å². The Morgan fingerprint density at radius 2 is 2.05 bits per heavy atom. The van der Waals surface area contributed by atoms with Gasteiger partial charge in [-0.2, -0.15) is 0 Å². The first-order valence-corrected chi connectivity index (χ1v) is 8.54. The van der Waals surface area contributed by atoms with Crippen molar-refractivity contribution in [3.05, 3.63) is 35.9 Å². The van der Waals surface area contributed by atoms with Crippen molar-refractivity contribution in [3.8, 4) is 0 Å². The molecule has 3 heterocycles. The van der Waals surface area contributed by atoms with Crippen LogP contribution in [0.4, 0.5) is 0 Å². The first-order chi connectivity index (χ1) is 10.4. The van der Waals surface area contributed by atoms with Crippen LogP contribution in [0.25, 0.3) is 0 Å². The van der Waals surface area contributed by atoms with Crippen molar-refractivity contribution in [1.29, 1.82) is 0 Å². The first-order valence-electron chi connectivity index (χ1n) is 8.54. The van der Waals surface area contributed by atoms with Crippen LogP contribution in [0.3, 0.4) is 0 Å². The van der Waals surface area contributed by atoms with E-state index in [4.69, 9.17) is 4.74 Å². The summed E-state index contributed by atoms with van der Waals surface area (Å²) in [5.41, 5.74) is 1.45. The zero-order valence-corrected chi connectivity index (χ0v) is 12.7. The van der Waals surface area contributed by atoms with Crippen LogP contribution in [0.1, 0.15) is 31.2 Å². The second-order valence-electron chi connectivity index (χ2n) is 6.90. The van der Waals surface area contributed by atoms with Crippen molar-refractivity contribution >= 4 is 0 Å². The van der Waals surface area contributed by atoms with Gasteiger partial charge in [0, 0.05) is 25.2 Å². The lowest BCUT2D eigenvalue weighted by atomic mass is 9.95. The molecule has 1 N–H and O–H groups in total. The van der Waals surface area contributed by atoms with Gasteiger partial charge in [0.1, 0.15) is 0 Å². The van der Waals surface area contributed by atoms with E-state index in [0.717, 1.165) is 0 Å². The molecule has 2 bridgehead atoms. The maximum atomic E-state index is 5.95. The SMILES string of the molecule is c1ccc(CCN2CCC(NC3CC4CCC3O4)C2)cc1.